The minimum atomic E-state index is -0.470. The van der Waals surface area contributed by atoms with Crippen molar-refractivity contribution in [1.29, 1.82) is 0 Å². The molecule has 1 aromatic rings. The molecule has 0 spiro atoms. The van der Waals surface area contributed by atoms with Crippen LogP contribution in [-0.2, 0) is 19.6 Å². The number of hydrogen-bond acceptors (Lipinski definition) is 4. The van der Waals surface area contributed by atoms with Crippen molar-refractivity contribution in [3.63, 3.8) is 0 Å². The van der Waals surface area contributed by atoms with Gasteiger partial charge in [0.2, 0.25) is 0 Å². The normalized spacial score (nSPS) is 26.2. The van der Waals surface area contributed by atoms with Crippen LogP contribution in [-0.4, -0.2) is 34.4 Å². The van der Waals surface area contributed by atoms with Crippen LogP contribution in [0.5, 0.6) is 0 Å². The third-order valence-corrected chi connectivity index (χ3v) is 5.27. The topological polar surface area (TPSA) is 53.4 Å². The van der Waals surface area contributed by atoms with E-state index < -0.39 is 12.7 Å². The zero-order valence-corrected chi connectivity index (χ0v) is 13.3. The average molecular weight is 290 g/mol. The zero-order chi connectivity index (χ0) is 15.3. The minimum absolute atomic E-state index is 0.366. The summed E-state index contributed by atoms with van der Waals surface area (Å²) in [4.78, 5) is 11.5. The summed E-state index contributed by atoms with van der Waals surface area (Å²) < 4.78 is 13.9. The summed E-state index contributed by atoms with van der Waals surface area (Å²) in [6, 6.07) is 0. The molecule has 0 amide bonds. The number of carbonyl (C=O) groups excluding carboxylic acids is 1. The highest BCUT2D eigenvalue weighted by molar-refractivity contribution is 6.62. The number of rotatable bonds is 3. The van der Waals surface area contributed by atoms with Crippen molar-refractivity contribution in [3.8, 4) is 0 Å². The van der Waals surface area contributed by atoms with E-state index in [-0.39, 0.29) is 11.2 Å². The van der Waals surface area contributed by atoms with E-state index in [1.165, 1.54) is 0 Å². The molecule has 0 atom stereocenters. The lowest BCUT2D eigenvalue weighted by Crippen LogP contribution is -2.41. The van der Waals surface area contributed by atoms with Crippen molar-refractivity contribution in [1.82, 2.24) is 9.78 Å². The summed E-state index contributed by atoms with van der Waals surface area (Å²) in [5, 5.41) is 4.41. The quantitative estimate of drug-likeness (QED) is 0.627. The predicted molar refractivity (Wildman–Crippen MR) is 80.4 cm³/mol. The largest absolute Gasteiger partial charge is 0.498 e. The maximum atomic E-state index is 11.5. The van der Waals surface area contributed by atoms with Crippen molar-refractivity contribution in [2.45, 2.75) is 70.1 Å². The standard InChI is InChI=1S/C15H23BN2O3/c1-13(2)14(3,4)21-16(20-13)12-9-17-18(10-12)15(11-19)7-5-6-8-15/h9-11H,5-8H2,1-4H3. The molecular weight excluding hydrogens is 267 g/mol. The average Bonchev–Trinajstić information content (AvgIpc) is 3.10. The maximum Gasteiger partial charge on any atom is 0.498 e. The molecule has 2 aliphatic rings. The molecule has 0 N–H and O–H groups in total. The molecule has 21 heavy (non-hydrogen) atoms. The van der Waals surface area contributed by atoms with Gasteiger partial charge >= 0.3 is 7.12 Å². The second-order valence-corrected chi connectivity index (χ2v) is 7.24. The van der Waals surface area contributed by atoms with Crippen molar-refractivity contribution in [2.24, 2.45) is 0 Å². The van der Waals surface area contributed by atoms with Crippen molar-refractivity contribution in [2.75, 3.05) is 0 Å². The van der Waals surface area contributed by atoms with Crippen LogP contribution < -0.4 is 5.46 Å². The number of hydrogen-bond donors (Lipinski definition) is 0. The summed E-state index contributed by atoms with van der Waals surface area (Å²) >= 11 is 0. The van der Waals surface area contributed by atoms with Gasteiger partial charge in [0, 0.05) is 17.9 Å². The van der Waals surface area contributed by atoms with Crippen LogP contribution in [0.25, 0.3) is 0 Å². The molecule has 0 unspecified atom stereocenters. The monoisotopic (exact) mass is 290 g/mol. The second kappa shape index (κ2) is 4.68. The number of nitrogens with zero attached hydrogens (tertiary/aromatic N) is 2. The summed E-state index contributed by atoms with van der Waals surface area (Å²) in [5.41, 5.74) is -0.325. The van der Waals surface area contributed by atoms with E-state index in [2.05, 4.69) is 5.10 Å². The van der Waals surface area contributed by atoms with E-state index in [9.17, 15) is 4.79 Å². The molecule has 1 aliphatic heterocycles. The molecule has 1 aliphatic carbocycles. The summed E-state index contributed by atoms with van der Waals surface area (Å²) in [6.07, 6.45) is 8.57. The highest BCUT2D eigenvalue weighted by Crippen LogP contribution is 2.37. The zero-order valence-electron chi connectivity index (χ0n) is 13.3. The lowest BCUT2D eigenvalue weighted by atomic mass is 9.82. The molecule has 0 radical (unpaired) electrons. The third-order valence-electron chi connectivity index (χ3n) is 5.27. The molecule has 2 heterocycles. The van der Waals surface area contributed by atoms with Gasteiger partial charge < -0.3 is 14.1 Å². The lowest BCUT2D eigenvalue weighted by molar-refractivity contribution is -0.115. The number of aldehydes is 1. The molecule has 1 saturated heterocycles. The van der Waals surface area contributed by atoms with Crippen LogP contribution in [0.3, 0.4) is 0 Å². The van der Waals surface area contributed by atoms with E-state index >= 15 is 0 Å². The maximum absolute atomic E-state index is 11.5. The SMILES string of the molecule is CC1(C)OB(c2cnn(C3(C=O)CCCC3)c2)OC1(C)C. The molecule has 1 saturated carbocycles. The Morgan fingerprint density at radius 3 is 2.29 bits per heavy atom. The Labute approximate surface area is 126 Å². The van der Waals surface area contributed by atoms with Gasteiger partial charge in [-0.15, -0.1) is 0 Å². The van der Waals surface area contributed by atoms with Crippen LogP contribution in [0.1, 0.15) is 53.4 Å². The van der Waals surface area contributed by atoms with E-state index in [1.54, 1.807) is 10.9 Å². The molecule has 1 aromatic heterocycles. The van der Waals surface area contributed by atoms with Gasteiger partial charge in [0.1, 0.15) is 11.8 Å². The van der Waals surface area contributed by atoms with E-state index in [0.717, 1.165) is 37.4 Å². The Kier molecular flexibility index (Phi) is 3.30. The second-order valence-electron chi connectivity index (χ2n) is 7.24. The molecule has 3 rings (SSSR count). The summed E-state index contributed by atoms with van der Waals surface area (Å²) in [6.45, 7) is 8.12. The van der Waals surface area contributed by atoms with Gasteiger partial charge in [0.25, 0.3) is 0 Å². The van der Waals surface area contributed by atoms with Crippen LogP contribution in [0.2, 0.25) is 0 Å². The van der Waals surface area contributed by atoms with Gasteiger partial charge in [0.15, 0.2) is 0 Å². The van der Waals surface area contributed by atoms with Gasteiger partial charge in [-0.25, -0.2) is 0 Å². The molecule has 2 fully saturated rings. The van der Waals surface area contributed by atoms with Gasteiger partial charge in [-0.2, -0.15) is 5.10 Å². The van der Waals surface area contributed by atoms with Gasteiger partial charge in [-0.05, 0) is 40.5 Å². The fourth-order valence-corrected chi connectivity index (χ4v) is 3.07. The Morgan fingerprint density at radius 2 is 1.76 bits per heavy atom. The van der Waals surface area contributed by atoms with Crippen LogP contribution >= 0.6 is 0 Å². The Morgan fingerprint density at radius 1 is 1.19 bits per heavy atom. The summed E-state index contributed by atoms with van der Waals surface area (Å²) in [7, 11) is -0.422. The fraction of sp³-hybridized carbons (Fsp3) is 0.733. The van der Waals surface area contributed by atoms with Crippen LogP contribution in [0.15, 0.2) is 12.4 Å². The van der Waals surface area contributed by atoms with Crippen molar-refractivity contribution in [3.05, 3.63) is 12.4 Å². The fourth-order valence-electron chi connectivity index (χ4n) is 3.07. The Balaban J connectivity index is 1.85. The highest BCUT2D eigenvalue weighted by atomic mass is 16.7. The smallest absolute Gasteiger partial charge is 0.399 e. The number of aromatic nitrogens is 2. The predicted octanol–water partition coefficient (Wildman–Crippen LogP) is 1.65. The first-order valence-electron chi connectivity index (χ1n) is 7.67. The Bertz CT molecular complexity index is 531. The van der Waals surface area contributed by atoms with E-state index in [1.807, 2.05) is 33.9 Å². The van der Waals surface area contributed by atoms with E-state index in [4.69, 9.17) is 9.31 Å². The lowest BCUT2D eigenvalue weighted by Gasteiger charge is -2.32. The molecule has 0 bridgehead atoms. The van der Waals surface area contributed by atoms with E-state index in [0.29, 0.717) is 0 Å². The molecule has 0 aromatic carbocycles. The summed E-state index contributed by atoms with van der Waals surface area (Å²) in [5.74, 6) is 0. The van der Waals surface area contributed by atoms with Gasteiger partial charge in [-0.1, -0.05) is 12.8 Å². The van der Waals surface area contributed by atoms with Crippen LogP contribution in [0.4, 0.5) is 0 Å². The van der Waals surface area contributed by atoms with Crippen molar-refractivity contribution < 1.29 is 14.1 Å². The van der Waals surface area contributed by atoms with Crippen molar-refractivity contribution >= 4 is 18.9 Å². The number of carbonyl (C=O) groups is 1. The van der Waals surface area contributed by atoms with Gasteiger partial charge in [0.05, 0.1) is 11.2 Å². The first-order chi connectivity index (χ1) is 9.80. The molecule has 5 nitrogen and oxygen atoms in total. The molecule has 114 valence electrons. The van der Waals surface area contributed by atoms with Gasteiger partial charge in [-0.3, -0.25) is 4.68 Å². The molecular formula is C15H23BN2O3. The minimum Gasteiger partial charge on any atom is -0.399 e. The molecule has 6 heteroatoms. The van der Waals surface area contributed by atoms with Crippen LogP contribution in [0, 0.1) is 0 Å². The Hall–Kier alpha value is -1.14. The first kappa shape index (κ1) is 14.8. The highest BCUT2D eigenvalue weighted by Gasteiger charge is 2.52. The third kappa shape index (κ3) is 2.25. The first-order valence-corrected chi connectivity index (χ1v) is 7.67.